The molecule has 2 heterocycles. The van der Waals surface area contributed by atoms with Gasteiger partial charge >= 0.3 is 0 Å². The summed E-state index contributed by atoms with van der Waals surface area (Å²) in [6.45, 7) is 0.0422. The Kier molecular flexibility index (Phi) is 5.67. The molecule has 0 radical (unpaired) electrons. The van der Waals surface area contributed by atoms with E-state index in [0.717, 1.165) is 5.69 Å². The first kappa shape index (κ1) is 18.5. The first-order chi connectivity index (χ1) is 12.5. The fourth-order valence-electron chi connectivity index (χ4n) is 3.11. The first-order valence-corrected chi connectivity index (χ1v) is 9.90. The number of sulfonamides is 1. The number of alkyl halides is 1. The van der Waals surface area contributed by atoms with Gasteiger partial charge in [-0.25, -0.2) is 12.8 Å². The van der Waals surface area contributed by atoms with Crippen molar-refractivity contribution in [2.75, 3.05) is 26.3 Å². The van der Waals surface area contributed by atoms with Crippen molar-refractivity contribution in [3.8, 4) is 0 Å². The molecule has 9 heteroatoms. The summed E-state index contributed by atoms with van der Waals surface area (Å²) < 4.78 is 39.4. The largest absolute Gasteiger partial charge is 0.349 e. The number of carbonyl (C=O) groups excluding carboxylic acids is 1. The van der Waals surface area contributed by atoms with Crippen molar-refractivity contribution in [3.05, 3.63) is 47.8 Å². The minimum Gasteiger partial charge on any atom is -0.349 e. The fraction of sp³-hybridized carbons (Fsp3) is 0.412. The number of carbonyl (C=O) groups is 1. The summed E-state index contributed by atoms with van der Waals surface area (Å²) in [5, 5.41) is 9.28. The number of amides is 1. The number of benzene rings is 1. The predicted molar refractivity (Wildman–Crippen MR) is 94.1 cm³/mol. The number of H-pyrrole nitrogens is 1. The van der Waals surface area contributed by atoms with E-state index in [-0.39, 0.29) is 22.9 Å². The number of aromatic nitrogens is 2. The Labute approximate surface area is 151 Å². The van der Waals surface area contributed by atoms with Crippen LogP contribution in [0.15, 0.2) is 41.4 Å². The summed E-state index contributed by atoms with van der Waals surface area (Å²) in [4.78, 5) is 12.0. The van der Waals surface area contributed by atoms with Gasteiger partial charge in [0.2, 0.25) is 10.0 Å². The minimum absolute atomic E-state index is 0.0744. The average Bonchev–Trinajstić information content (AvgIpc) is 3.21. The molecule has 0 unspecified atom stereocenters. The molecular formula is C17H21FN4O3S. The fourth-order valence-corrected chi connectivity index (χ4v) is 4.63. The van der Waals surface area contributed by atoms with E-state index < -0.39 is 22.6 Å². The molecule has 0 aliphatic carbocycles. The maximum Gasteiger partial charge on any atom is 0.251 e. The van der Waals surface area contributed by atoms with E-state index in [1.807, 2.05) is 6.07 Å². The number of halogens is 1. The van der Waals surface area contributed by atoms with Crippen LogP contribution in [0.4, 0.5) is 4.39 Å². The summed E-state index contributed by atoms with van der Waals surface area (Å²) in [5.74, 6) is -0.223. The van der Waals surface area contributed by atoms with Gasteiger partial charge in [0.25, 0.3) is 5.91 Å². The SMILES string of the molecule is O=C(NCCF)c1cccc(S(=O)(=O)N2CCC(c3ccn[nH]3)CC2)c1. The van der Waals surface area contributed by atoms with Crippen LogP contribution < -0.4 is 5.32 Å². The molecule has 0 atom stereocenters. The summed E-state index contributed by atoms with van der Waals surface area (Å²) >= 11 is 0. The van der Waals surface area contributed by atoms with Gasteiger partial charge in [0.1, 0.15) is 6.67 Å². The number of piperidine rings is 1. The number of hydrogen-bond donors (Lipinski definition) is 2. The van der Waals surface area contributed by atoms with Gasteiger partial charge in [0.05, 0.1) is 4.90 Å². The van der Waals surface area contributed by atoms with Gasteiger partial charge in [-0.05, 0) is 37.1 Å². The highest BCUT2D eigenvalue weighted by Gasteiger charge is 2.30. The lowest BCUT2D eigenvalue weighted by molar-refractivity contribution is 0.0950. The second kappa shape index (κ2) is 7.96. The van der Waals surface area contributed by atoms with Gasteiger partial charge in [-0.3, -0.25) is 9.89 Å². The third-order valence-electron chi connectivity index (χ3n) is 4.53. The summed E-state index contributed by atoms with van der Waals surface area (Å²) in [7, 11) is -3.68. The second-order valence-electron chi connectivity index (χ2n) is 6.16. The lowest BCUT2D eigenvalue weighted by Gasteiger charge is -2.30. The molecule has 1 aliphatic heterocycles. The van der Waals surface area contributed by atoms with Crippen LogP contribution in [0.3, 0.4) is 0 Å². The smallest absolute Gasteiger partial charge is 0.251 e. The van der Waals surface area contributed by atoms with E-state index >= 15 is 0 Å². The van der Waals surface area contributed by atoms with Crippen molar-refractivity contribution >= 4 is 15.9 Å². The molecule has 0 saturated carbocycles. The van der Waals surface area contributed by atoms with Gasteiger partial charge in [-0.1, -0.05) is 6.07 Å². The number of aromatic amines is 1. The van der Waals surface area contributed by atoms with Gasteiger partial charge in [-0.2, -0.15) is 9.40 Å². The molecule has 2 N–H and O–H groups in total. The molecule has 3 rings (SSSR count). The predicted octanol–water partition coefficient (Wildman–Crippen LogP) is 1.68. The Balaban J connectivity index is 1.71. The third kappa shape index (κ3) is 3.94. The standard InChI is InChI=1S/C17H21FN4O3S/c18-7-9-19-17(23)14-2-1-3-15(12-14)26(24,25)22-10-5-13(6-11-22)16-4-8-20-21-16/h1-4,8,12-13H,5-7,9-11H2,(H,19,23)(H,20,21). The molecule has 0 bridgehead atoms. The van der Waals surface area contributed by atoms with E-state index in [4.69, 9.17) is 0 Å². The Hall–Kier alpha value is -2.26. The van der Waals surface area contributed by atoms with E-state index in [1.165, 1.54) is 28.6 Å². The third-order valence-corrected chi connectivity index (χ3v) is 6.42. The Bertz CT molecular complexity index is 847. The Morgan fingerprint density at radius 2 is 2.08 bits per heavy atom. The lowest BCUT2D eigenvalue weighted by Crippen LogP contribution is -2.38. The number of hydrogen-bond acceptors (Lipinski definition) is 4. The Morgan fingerprint density at radius 3 is 2.73 bits per heavy atom. The van der Waals surface area contributed by atoms with Crippen LogP contribution in [-0.2, 0) is 10.0 Å². The van der Waals surface area contributed by atoms with Crippen molar-refractivity contribution in [1.29, 1.82) is 0 Å². The zero-order valence-electron chi connectivity index (χ0n) is 14.2. The maximum absolute atomic E-state index is 12.9. The van der Waals surface area contributed by atoms with Gasteiger partial charge in [-0.15, -0.1) is 0 Å². The average molecular weight is 380 g/mol. The summed E-state index contributed by atoms with van der Waals surface area (Å²) in [5.41, 5.74) is 1.22. The van der Waals surface area contributed by atoms with E-state index in [9.17, 15) is 17.6 Å². The number of nitrogens with zero attached hydrogens (tertiary/aromatic N) is 2. The van der Waals surface area contributed by atoms with Crippen LogP contribution in [-0.4, -0.2) is 55.1 Å². The quantitative estimate of drug-likeness (QED) is 0.797. The monoisotopic (exact) mass is 380 g/mol. The van der Waals surface area contributed by atoms with Crippen molar-refractivity contribution < 1.29 is 17.6 Å². The van der Waals surface area contributed by atoms with Gasteiger partial charge in [0.15, 0.2) is 0 Å². The summed E-state index contributed by atoms with van der Waals surface area (Å²) in [6.07, 6.45) is 3.11. The highest BCUT2D eigenvalue weighted by Crippen LogP contribution is 2.29. The zero-order chi connectivity index (χ0) is 18.6. The van der Waals surface area contributed by atoms with E-state index in [1.54, 1.807) is 6.20 Å². The molecule has 1 aliphatic rings. The summed E-state index contributed by atoms with van der Waals surface area (Å²) in [6, 6.07) is 7.76. The van der Waals surface area contributed by atoms with Crippen LogP contribution in [0.25, 0.3) is 0 Å². The molecule has 7 nitrogen and oxygen atoms in total. The van der Waals surface area contributed by atoms with Crippen LogP contribution >= 0.6 is 0 Å². The normalized spacial score (nSPS) is 16.5. The molecular weight excluding hydrogens is 359 g/mol. The topological polar surface area (TPSA) is 95.2 Å². The molecule has 2 aromatic rings. The minimum atomic E-state index is -3.68. The molecule has 1 saturated heterocycles. The van der Waals surface area contributed by atoms with Crippen LogP contribution in [0.1, 0.15) is 34.8 Å². The van der Waals surface area contributed by atoms with Crippen molar-refractivity contribution in [2.45, 2.75) is 23.7 Å². The van der Waals surface area contributed by atoms with Crippen molar-refractivity contribution in [3.63, 3.8) is 0 Å². The van der Waals surface area contributed by atoms with E-state index in [2.05, 4.69) is 15.5 Å². The number of rotatable bonds is 6. The van der Waals surface area contributed by atoms with Crippen LogP contribution in [0.5, 0.6) is 0 Å². The number of nitrogens with one attached hydrogen (secondary N) is 2. The van der Waals surface area contributed by atoms with Crippen LogP contribution in [0, 0.1) is 0 Å². The van der Waals surface area contributed by atoms with Crippen LogP contribution in [0.2, 0.25) is 0 Å². The lowest BCUT2D eigenvalue weighted by atomic mass is 9.95. The van der Waals surface area contributed by atoms with Gasteiger partial charge in [0, 0.05) is 43.0 Å². The van der Waals surface area contributed by atoms with E-state index in [0.29, 0.717) is 25.9 Å². The second-order valence-corrected chi connectivity index (χ2v) is 8.10. The maximum atomic E-state index is 12.9. The molecule has 26 heavy (non-hydrogen) atoms. The zero-order valence-corrected chi connectivity index (χ0v) is 15.0. The van der Waals surface area contributed by atoms with Gasteiger partial charge < -0.3 is 5.32 Å². The van der Waals surface area contributed by atoms with Crippen molar-refractivity contribution in [2.24, 2.45) is 0 Å². The highest BCUT2D eigenvalue weighted by atomic mass is 32.2. The Morgan fingerprint density at radius 1 is 1.31 bits per heavy atom. The molecule has 1 aromatic heterocycles. The molecule has 0 spiro atoms. The first-order valence-electron chi connectivity index (χ1n) is 8.46. The highest BCUT2D eigenvalue weighted by molar-refractivity contribution is 7.89. The molecule has 1 aromatic carbocycles. The molecule has 140 valence electrons. The van der Waals surface area contributed by atoms with Crippen molar-refractivity contribution in [1.82, 2.24) is 19.8 Å². The molecule has 1 amide bonds. The molecule has 1 fully saturated rings.